The van der Waals surface area contributed by atoms with Crippen molar-refractivity contribution in [2.24, 2.45) is 0 Å². The van der Waals surface area contributed by atoms with E-state index in [1.807, 2.05) is 0 Å². The van der Waals surface area contributed by atoms with E-state index in [0.29, 0.717) is 17.1 Å². The molecule has 1 fully saturated rings. The number of carboxylic acids is 1. The van der Waals surface area contributed by atoms with E-state index in [1.54, 1.807) is 18.2 Å². The summed E-state index contributed by atoms with van der Waals surface area (Å²) in [6.45, 7) is 1.49. The van der Waals surface area contributed by atoms with Gasteiger partial charge in [0.05, 0.1) is 25.9 Å². The van der Waals surface area contributed by atoms with Gasteiger partial charge >= 0.3 is 5.97 Å². The normalized spacial score (nSPS) is 30.0. The van der Waals surface area contributed by atoms with Gasteiger partial charge in [0.2, 0.25) is 0 Å². The van der Waals surface area contributed by atoms with Crippen LogP contribution < -0.4 is 9.47 Å². The molecule has 25 heavy (non-hydrogen) atoms. The highest BCUT2D eigenvalue weighted by atomic mass is 16.5. The third-order valence-corrected chi connectivity index (χ3v) is 4.14. The Balaban J connectivity index is 2.41. The zero-order valence-corrected chi connectivity index (χ0v) is 14.1. The summed E-state index contributed by atoms with van der Waals surface area (Å²) >= 11 is 0. The molecule has 1 aromatic rings. The van der Waals surface area contributed by atoms with Gasteiger partial charge in [0, 0.05) is 0 Å². The molecule has 2 rings (SSSR count). The lowest BCUT2D eigenvalue weighted by Crippen LogP contribution is -2.57. The fraction of sp³-hybridized carbons (Fsp3) is 0.471. The zero-order valence-electron chi connectivity index (χ0n) is 14.1. The first-order valence-electron chi connectivity index (χ1n) is 7.66. The molecule has 1 unspecified atom stereocenters. The van der Waals surface area contributed by atoms with Gasteiger partial charge in [-0.15, -0.1) is 0 Å². The number of benzene rings is 1. The Hall–Kier alpha value is -2.13. The summed E-state index contributed by atoms with van der Waals surface area (Å²) in [5.74, 6) is -0.415. The number of hydrogen-bond acceptors (Lipinski definition) is 7. The van der Waals surface area contributed by atoms with Crippen LogP contribution in [0.15, 0.2) is 23.8 Å². The average molecular weight is 354 g/mol. The molecule has 8 heteroatoms. The van der Waals surface area contributed by atoms with E-state index in [-0.39, 0.29) is 5.57 Å². The molecule has 0 spiro atoms. The molecule has 1 heterocycles. The number of aliphatic hydroxyl groups is 3. The van der Waals surface area contributed by atoms with Gasteiger partial charge < -0.3 is 34.6 Å². The molecule has 0 saturated carbocycles. The topological polar surface area (TPSA) is 126 Å². The molecule has 0 bridgehead atoms. The fourth-order valence-electron chi connectivity index (χ4n) is 2.70. The number of methoxy groups -OCH3 is 2. The number of carbonyl (C=O) groups is 1. The van der Waals surface area contributed by atoms with Crippen LogP contribution in [0.5, 0.6) is 11.5 Å². The maximum absolute atomic E-state index is 11.7. The maximum atomic E-state index is 11.7. The predicted molar refractivity (Wildman–Crippen MR) is 87.5 cm³/mol. The van der Waals surface area contributed by atoms with E-state index in [9.17, 15) is 25.2 Å². The summed E-state index contributed by atoms with van der Waals surface area (Å²) in [5.41, 5.74) is 0.233. The number of hydrogen-bond donors (Lipinski definition) is 4. The standard InChI is InChI=1S/C17H22O8/c1-8-13(18)14(19)15(20)16(25-8)10(17(21)22)6-9-4-5-11(23-2)12(7-9)24-3/h4-8,13-16,18-20H,1-3H3,(H,21,22)/t8-,13-,14+,15+,16?/m0/s1. The number of ether oxygens (including phenoxy) is 3. The van der Waals surface area contributed by atoms with Crippen LogP contribution in [0.4, 0.5) is 0 Å². The number of rotatable bonds is 5. The molecule has 0 aliphatic carbocycles. The third-order valence-electron chi connectivity index (χ3n) is 4.14. The molecule has 1 saturated heterocycles. The van der Waals surface area contributed by atoms with Crippen LogP contribution in [0.25, 0.3) is 6.08 Å². The van der Waals surface area contributed by atoms with Crippen LogP contribution >= 0.6 is 0 Å². The van der Waals surface area contributed by atoms with Gasteiger partial charge in [-0.2, -0.15) is 0 Å². The summed E-state index contributed by atoms with van der Waals surface area (Å²) in [6.07, 6.45) is -5.21. The molecule has 138 valence electrons. The van der Waals surface area contributed by atoms with Crippen molar-refractivity contribution in [1.29, 1.82) is 0 Å². The number of aliphatic carboxylic acids is 1. The lowest BCUT2D eigenvalue weighted by atomic mass is 9.90. The summed E-state index contributed by atoms with van der Waals surface area (Å²) in [7, 11) is 2.94. The van der Waals surface area contributed by atoms with Crippen LogP contribution in [0.3, 0.4) is 0 Å². The SMILES string of the molecule is COc1ccc(C=C(C(=O)O)C2O[C@@H](C)[C@H](O)[C@@H](O)[C@H]2O)cc1OC. The second-order valence-corrected chi connectivity index (χ2v) is 5.75. The van der Waals surface area contributed by atoms with Gasteiger partial charge in [-0.3, -0.25) is 0 Å². The lowest BCUT2D eigenvalue weighted by Gasteiger charge is -2.39. The molecule has 0 aromatic heterocycles. The lowest BCUT2D eigenvalue weighted by molar-refractivity contribution is -0.208. The minimum atomic E-state index is -1.58. The summed E-state index contributed by atoms with van der Waals surface area (Å²) in [6, 6.07) is 4.81. The smallest absolute Gasteiger partial charge is 0.334 e. The monoisotopic (exact) mass is 354 g/mol. The van der Waals surface area contributed by atoms with Gasteiger partial charge in [-0.1, -0.05) is 6.07 Å². The van der Waals surface area contributed by atoms with Gasteiger partial charge in [-0.25, -0.2) is 4.79 Å². The van der Waals surface area contributed by atoms with E-state index < -0.39 is 36.5 Å². The molecule has 0 amide bonds. The Labute approximate surface area is 144 Å². The van der Waals surface area contributed by atoms with Crippen molar-refractivity contribution in [3.63, 3.8) is 0 Å². The molecule has 1 aliphatic heterocycles. The Morgan fingerprint density at radius 3 is 2.28 bits per heavy atom. The van der Waals surface area contributed by atoms with Gasteiger partial charge in [0.1, 0.15) is 24.4 Å². The average Bonchev–Trinajstić information content (AvgIpc) is 2.60. The van der Waals surface area contributed by atoms with Crippen LogP contribution in [0.1, 0.15) is 12.5 Å². The number of carboxylic acid groups (broad SMARTS) is 1. The highest BCUT2D eigenvalue weighted by Crippen LogP contribution is 2.31. The van der Waals surface area contributed by atoms with Crippen molar-refractivity contribution in [3.05, 3.63) is 29.3 Å². The van der Waals surface area contributed by atoms with Gasteiger partial charge in [0.15, 0.2) is 11.5 Å². The van der Waals surface area contributed by atoms with E-state index in [1.165, 1.54) is 27.2 Å². The van der Waals surface area contributed by atoms with Crippen molar-refractivity contribution >= 4 is 12.0 Å². The Kier molecular flexibility index (Phi) is 6.02. The first-order chi connectivity index (χ1) is 11.8. The van der Waals surface area contributed by atoms with Crippen molar-refractivity contribution in [1.82, 2.24) is 0 Å². The summed E-state index contributed by atoms with van der Waals surface area (Å²) in [4.78, 5) is 11.7. The van der Waals surface area contributed by atoms with E-state index in [0.717, 1.165) is 0 Å². The van der Waals surface area contributed by atoms with Crippen LogP contribution in [-0.4, -0.2) is 71.1 Å². The molecule has 8 nitrogen and oxygen atoms in total. The highest BCUT2D eigenvalue weighted by molar-refractivity contribution is 5.93. The second-order valence-electron chi connectivity index (χ2n) is 5.75. The van der Waals surface area contributed by atoms with Crippen molar-refractivity contribution in [2.75, 3.05) is 14.2 Å². The van der Waals surface area contributed by atoms with Crippen LogP contribution in [-0.2, 0) is 9.53 Å². The Morgan fingerprint density at radius 2 is 1.72 bits per heavy atom. The van der Waals surface area contributed by atoms with Crippen molar-refractivity contribution in [2.45, 2.75) is 37.4 Å². The van der Waals surface area contributed by atoms with E-state index in [4.69, 9.17) is 14.2 Å². The largest absolute Gasteiger partial charge is 0.493 e. The fourth-order valence-corrected chi connectivity index (χ4v) is 2.70. The zero-order chi connectivity index (χ0) is 18.7. The number of aliphatic hydroxyl groups excluding tert-OH is 3. The molecule has 1 aliphatic rings. The Bertz CT molecular complexity index is 656. The molecule has 5 atom stereocenters. The first-order valence-corrected chi connectivity index (χ1v) is 7.66. The van der Waals surface area contributed by atoms with Crippen LogP contribution in [0, 0.1) is 0 Å². The third kappa shape index (κ3) is 3.93. The maximum Gasteiger partial charge on any atom is 0.334 e. The summed E-state index contributed by atoms with van der Waals surface area (Å²) in [5, 5.41) is 39.3. The minimum Gasteiger partial charge on any atom is -0.493 e. The molecular formula is C17H22O8. The van der Waals surface area contributed by atoms with Gasteiger partial charge in [-0.05, 0) is 30.7 Å². The Morgan fingerprint density at radius 1 is 1.08 bits per heavy atom. The highest BCUT2D eigenvalue weighted by Gasteiger charge is 2.44. The predicted octanol–water partition coefficient (Wildman–Crippen LogP) is 0.0418. The second kappa shape index (κ2) is 7.83. The van der Waals surface area contributed by atoms with Crippen LogP contribution in [0.2, 0.25) is 0 Å². The molecule has 1 aromatic carbocycles. The minimum absolute atomic E-state index is 0.252. The quantitative estimate of drug-likeness (QED) is 0.546. The molecule has 4 N–H and O–H groups in total. The molecule has 0 radical (unpaired) electrons. The van der Waals surface area contributed by atoms with Gasteiger partial charge in [0.25, 0.3) is 0 Å². The van der Waals surface area contributed by atoms with Crippen molar-refractivity contribution in [3.8, 4) is 11.5 Å². The first kappa shape index (κ1) is 19.2. The molecular weight excluding hydrogens is 332 g/mol. The van der Waals surface area contributed by atoms with E-state index >= 15 is 0 Å². The summed E-state index contributed by atoms with van der Waals surface area (Å²) < 4.78 is 15.7. The van der Waals surface area contributed by atoms with E-state index in [2.05, 4.69) is 0 Å². The van der Waals surface area contributed by atoms with Crippen molar-refractivity contribution < 1.29 is 39.4 Å².